The van der Waals surface area contributed by atoms with Crippen molar-refractivity contribution in [3.8, 4) is 0 Å². The van der Waals surface area contributed by atoms with Crippen LogP contribution < -0.4 is 5.73 Å². The minimum absolute atomic E-state index is 0.615. The molecule has 1 aromatic heterocycles. The van der Waals surface area contributed by atoms with Gasteiger partial charge in [0.15, 0.2) is 5.16 Å². The molecule has 0 aliphatic heterocycles. The molecule has 3 nitrogen and oxygen atoms in total. The van der Waals surface area contributed by atoms with Crippen LogP contribution in [0.15, 0.2) is 40.6 Å². The van der Waals surface area contributed by atoms with Crippen LogP contribution in [0.2, 0.25) is 5.02 Å². The Morgan fingerprint density at radius 1 is 1.28 bits per heavy atom. The van der Waals surface area contributed by atoms with Crippen LogP contribution in [0.25, 0.3) is 0 Å². The molecule has 0 atom stereocenters. The fourth-order valence-electron chi connectivity index (χ4n) is 1.52. The maximum atomic E-state index is 6.02. The summed E-state index contributed by atoms with van der Waals surface area (Å²) in [7, 11) is 0. The third-order valence-corrected chi connectivity index (χ3v) is 3.63. The number of aromatic nitrogens is 2. The normalized spacial score (nSPS) is 10.6. The van der Waals surface area contributed by atoms with Gasteiger partial charge in [-0.3, -0.25) is 0 Å². The average molecular weight is 280 g/mol. The number of halogens is 1. The fraction of sp³-hybridized carbons (Fsp3) is 0.231. The first-order valence-corrected chi connectivity index (χ1v) is 6.83. The molecule has 2 N–H and O–H groups in total. The molecule has 18 heavy (non-hydrogen) atoms. The lowest BCUT2D eigenvalue weighted by molar-refractivity contribution is 0.930. The van der Waals surface area contributed by atoms with E-state index in [1.165, 1.54) is 17.3 Å². The minimum Gasteiger partial charge on any atom is -0.330 e. The highest BCUT2D eigenvalue weighted by Crippen LogP contribution is 2.30. The second kappa shape index (κ2) is 6.18. The predicted molar refractivity (Wildman–Crippen MR) is 75.1 cm³/mol. The van der Waals surface area contributed by atoms with Crippen molar-refractivity contribution in [2.24, 2.45) is 5.73 Å². The van der Waals surface area contributed by atoms with Gasteiger partial charge in [-0.05, 0) is 54.9 Å². The molecular weight excluding hydrogens is 266 g/mol. The van der Waals surface area contributed by atoms with Crippen LogP contribution in [0.1, 0.15) is 11.1 Å². The molecule has 1 aromatic carbocycles. The van der Waals surface area contributed by atoms with E-state index in [9.17, 15) is 0 Å². The van der Waals surface area contributed by atoms with Gasteiger partial charge in [-0.15, -0.1) is 0 Å². The first-order valence-electron chi connectivity index (χ1n) is 5.64. The van der Waals surface area contributed by atoms with Gasteiger partial charge in [0.05, 0.1) is 0 Å². The van der Waals surface area contributed by atoms with Gasteiger partial charge in [0.25, 0.3) is 0 Å². The Morgan fingerprint density at radius 3 is 2.67 bits per heavy atom. The number of nitrogens with two attached hydrogens (primary N) is 1. The third-order valence-electron chi connectivity index (χ3n) is 2.40. The van der Waals surface area contributed by atoms with Crippen molar-refractivity contribution in [1.82, 2.24) is 9.97 Å². The van der Waals surface area contributed by atoms with Crippen LogP contribution in [-0.4, -0.2) is 16.5 Å². The van der Waals surface area contributed by atoms with Gasteiger partial charge in [-0.1, -0.05) is 17.7 Å². The summed E-state index contributed by atoms with van der Waals surface area (Å²) < 4.78 is 0. The molecular formula is C13H14ClN3S. The Hall–Kier alpha value is -1.10. The lowest BCUT2D eigenvalue weighted by atomic mass is 10.1. The van der Waals surface area contributed by atoms with Gasteiger partial charge in [0.1, 0.15) is 0 Å². The number of hydrogen-bond donors (Lipinski definition) is 1. The van der Waals surface area contributed by atoms with E-state index in [2.05, 4.69) is 9.97 Å². The SMILES string of the molecule is Cc1cnc(Sc2cc(Cl)ccc2CCN)nc1. The second-order valence-corrected chi connectivity index (χ2v) is 5.38. The van der Waals surface area contributed by atoms with Gasteiger partial charge >= 0.3 is 0 Å². The van der Waals surface area contributed by atoms with Gasteiger partial charge in [0.2, 0.25) is 0 Å². The van der Waals surface area contributed by atoms with Gasteiger partial charge in [0, 0.05) is 22.3 Å². The van der Waals surface area contributed by atoms with Crippen LogP contribution in [0.4, 0.5) is 0 Å². The number of nitrogens with zero attached hydrogens (tertiary/aromatic N) is 2. The summed E-state index contributed by atoms with van der Waals surface area (Å²) in [6.07, 6.45) is 4.44. The summed E-state index contributed by atoms with van der Waals surface area (Å²) in [5, 5.41) is 1.44. The molecule has 0 bridgehead atoms. The largest absolute Gasteiger partial charge is 0.330 e. The van der Waals surface area contributed by atoms with Crippen molar-refractivity contribution >= 4 is 23.4 Å². The van der Waals surface area contributed by atoms with E-state index < -0.39 is 0 Å². The Bertz CT molecular complexity index is 528. The number of rotatable bonds is 4. The van der Waals surface area contributed by atoms with Crippen molar-refractivity contribution in [3.05, 3.63) is 46.7 Å². The standard InChI is InChI=1S/C13H14ClN3S/c1-9-7-16-13(17-8-9)18-12-6-11(14)3-2-10(12)4-5-15/h2-3,6-8H,4-5,15H2,1H3. The third kappa shape index (κ3) is 3.45. The topological polar surface area (TPSA) is 51.8 Å². The van der Waals surface area contributed by atoms with Crippen molar-refractivity contribution in [1.29, 1.82) is 0 Å². The lowest BCUT2D eigenvalue weighted by Gasteiger charge is -2.08. The smallest absolute Gasteiger partial charge is 0.192 e. The molecule has 5 heteroatoms. The van der Waals surface area contributed by atoms with Crippen LogP contribution >= 0.6 is 23.4 Å². The average Bonchev–Trinajstić information content (AvgIpc) is 2.36. The summed E-state index contributed by atoms with van der Waals surface area (Å²) >= 11 is 7.54. The van der Waals surface area contributed by atoms with Crippen molar-refractivity contribution in [2.45, 2.75) is 23.4 Å². The molecule has 0 amide bonds. The highest BCUT2D eigenvalue weighted by molar-refractivity contribution is 7.99. The molecule has 1 heterocycles. The van der Waals surface area contributed by atoms with E-state index in [0.717, 1.165) is 22.0 Å². The quantitative estimate of drug-likeness (QED) is 0.874. The summed E-state index contributed by atoms with van der Waals surface area (Å²) in [5.41, 5.74) is 7.83. The van der Waals surface area contributed by atoms with E-state index >= 15 is 0 Å². The summed E-state index contributed by atoms with van der Waals surface area (Å²) in [6.45, 7) is 2.58. The Kier molecular flexibility index (Phi) is 4.58. The molecule has 0 saturated carbocycles. The summed E-state index contributed by atoms with van der Waals surface area (Å²) in [6, 6.07) is 5.82. The lowest BCUT2D eigenvalue weighted by Crippen LogP contribution is -2.03. The zero-order valence-electron chi connectivity index (χ0n) is 10.1. The van der Waals surface area contributed by atoms with E-state index in [-0.39, 0.29) is 0 Å². The molecule has 2 aromatic rings. The number of hydrogen-bond acceptors (Lipinski definition) is 4. The Morgan fingerprint density at radius 2 is 2.00 bits per heavy atom. The first kappa shape index (κ1) is 13.3. The predicted octanol–water partition coefficient (Wildman–Crippen LogP) is 3.09. The van der Waals surface area contributed by atoms with Crippen molar-refractivity contribution < 1.29 is 0 Å². The highest BCUT2D eigenvalue weighted by atomic mass is 35.5. The molecule has 0 saturated heterocycles. The molecule has 94 valence electrons. The zero-order chi connectivity index (χ0) is 13.0. The molecule has 2 rings (SSSR count). The van der Waals surface area contributed by atoms with E-state index in [4.69, 9.17) is 17.3 Å². The molecule has 0 spiro atoms. The van der Waals surface area contributed by atoms with Crippen LogP contribution in [0.5, 0.6) is 0 Å². The fourth-order valence-corrected chi connectivity index (χ4v) is 2.65. The number of aryl methyl sites for hydroxylation is 1. The summed E-state index contributed by atoms with van der Waals surface area (Å²) in [5.74, 6) is 0. The second-order valence-electron chi connectivity index (χ2n) is 3.94. The molecule has 0 radical (unpaired) electrons. The zero-order valence-corrected chi connectivity index (χ0v) is 11.6. The van der Waals surface area contributed by atoms with Gasteiger partial charge in [-0.25, -0.2) is 9.97 Å². The summed E-state index contributed by atoms with van der Waals surface area (Å²) in [4.78, 5) is 9.63. The Labute approximate surface area is 116 Å². The van der Waals surface area contributed by atoms with Crippen molar-refractivity contribution in [3.63, 3.8) is 0 Å². The molecule has 0 unspecified atom stereocenters. The first-order chi connectivity index (χ1) is 8.69. The van der Waals surface area contributed by atoms with Crippen LogP contribution in [-0.2, 0) is 6.42 Å². The van der Waals surface area contributed by atoms with Crippen molar-refractivity contribution in [2.75, 3.05) is 6.54 Å². The Balaban J connectivity index is 2.26. The van der Waals surface area contributed by atoms with Crippen LogP contribution in [0, 0.1) is 6.92 Å². The monoisotopic (exact) mass is 279 g/mol. The molecule has 0 fully saturated rings. The maximum Gasteiger partial charge on any atom is 0.192 e. The maximum absolute atomic E-state index is 6.02. The molecule has 0 aliphatic carbocycles. The van der Waals surface area contributed by atoms with Crippen LogP contribution in [0.3, 0.4) is 0 Å². The van der Waals surface area contributed by atoms with Gasteiger partial charge in [-0.2, -0.15) is 0 Å². The molecule has 0 aliphatic rings. The highest BCUT2D eigenvalue weighted by Gasteiger charge is 2.07. The minimum atomic E-state index is 0.615. The number of benzene rings is 1. The van der Waals surface area contributed by atoms with E-state index in [1.54, 1.807) is 0 Å². The van der Waals surface area contributed by atoms with Gasteiger partial charge < -0.3 is 5.73 Å². The van der Waals surface area contributed by atoms with E-state index in [1.807, 2.05) is 37.5 Å². The van der Waals surface area contributed by atoms with E-state index in [0.29, 0.717) is 11.6 Å².